The van der Waals surface area contributed by atoms with E-state index >= 15 is 0 Å². The van der Waals surface area contributed by atoms with Crippen molar-refractivity contribution in [3.63, 3.8) is 0 Å². The lowest BCUT2D eigenvalue weighted by Gasteiger charge is -2.35. The van der Waals surface area contributed by atoms with Gasteiger partial charge in [-0.1, -0.05) is 150 Å². The Morgan fingerprint density at radius 1 is 0.381 bits per heavy atom. The zero-order valence-corrected chi connectivity index (χ0v) is 38.9. The van der Waals surface area contributed by atoms with Crippen LogP contribution in [0.5, 0.6) is 23.0 Å². The maximum absolute atomic E-state index is 7.06. The van der Waals surface area contributed by atoms with Crippen molar-refractivity contribution in [3.8, 4) is 34.4 Å². The molecule has 0 spiro atoms. The van der Waals surface area contributed by atoms with E-state index in [-0.39, 0.29) is 28.4 Å². The number of benzene rings is 7. The predicted molar refractivity (Wildman–Crippen MR) is 268 cm³/mol. The van der Waals surface area contributed by atoms with Crippen LogP contribution in [0.15, 0.2) is 127 Å². The van der Waals surface area contributed by atoms with Crippen molar-refractivity contribution in [2.24, 2.45) is 0 Å². The average molecular weight is 825 g/mol. The molecule has 0 bridgehead atoms. The Labute approximate surface area is 372 Å². The summed E-state index contributed by atoms with van der Waals surface area (Å²) in [5, 5.41) is 4.94. The quantitative estimate of drug-likeness (QED) is 0.162. The lowest BCUT2D eigenvalue weighted by Crippen LogP contribution is -2.57. The summed E-state index contributed by atoms with van der Waals surface area (Å²) in [4.78, 5) is 0. The van der Waals surface area contributed by atoms with Gasteiger partial charge in [0, 0.05) is 39.1 Å². The van der Waals surface area contributed by atoms with Gasteiger partial charge in [0.05, 0.1) is 33.4 Å². The third-order valence-electron chi connectivity index (χ3n) is 13.9. The molecule has 63 heavy (non-hydrogen) atoms. The summed E-state index contributed by atoms with van der Waals surface area (Å²) >= 11 is 0. The minimum absolute atomic E-state index is 0.0113. The molecule has 2 aromatic heterocycles. The molecule has 0 aliphatic carbocycles. The van der Waals surface area contributed by atoms with Gasteiger partial charge in [0.15, 0.2) is 0 Å². The first-order chi connectivity index (χ1) is 29.8. The van der Waals surface area contributed by atoms with E-state index in [0.717, 1.165) is 50.9 Å². The van der Waals surface area contributed by atoms with Crippen LogP contribution < -0.4 is 25.9 Å². The summed E-state index contributed by atoms with van der Waals surface area (Å²) in [6, 6.07) is 47.9. The van der Waals surface area contributed by atoms with Crippen molar-refractivity contribution in [3.05, 3.63) is 150 Å². The average Bonchev–Trinajstić information content (AvgIpc) is 3.74. The first-order valence-electron chi connectivity index (χ1n) is 22.7. The van der Waals surface area contributed by atoms with Crippen LogP contribution in [0.2, 0.25) is 0 Å². The highest BCUT2D eigenvalue weighted by molar-refractivity contribution is 6.98. The highest BCUT2D eigenvalue weighted by atomic mass is 16.5. The Kier molecular flexibility index (Phi) is 8.29. The SMILES string of the molecule is CC(C)(C)c1ccc2c(c1)B1c3cc(C(C)(C)C)ccc3Oc3cc(-n4c5ccccc5c5cccc(-n6c7ccc(C(C)(C)C)cc7c7cc(C(C)(C)C)ccc76)c54)cc(c31)O2. The molecule has 0 atom stereocenters. The molecule has 0 unspecified atom stereocenters. The fourth-order valence-corrected chi connectivity index (χ4v) is 10.2. The summed E-state index contributed by atoms with van der Waals surface area (Å²) in [6.07, 6.45) is 0. The van der Waals surface area contributed by atoms with Gasteiger partial charge in [-0.15, -0.1) is 0 Å². The van der Waals surface area contributed by atoms with Gasteiger partial charge >= 0.3 is 0 Å². The molecule has 11 rings (SSSR count). The Morgan fingerprint density at radius 3 is 1.33 bits per heavy atom. The fraction of sp³-hybridized carbons (Fsp3) is 0.276. The summed E-state index contributed by atoms with van der Waals surface area (Å²) < 4.78 is 19.1. The van der Waals surface area contributed by atoms with Gasteiger partial charge < -0.3 is 18.6 Å². The molecule has 0 amide bonds. The van der Waals surface area contributed by atoms with Gasteiger partial charge in [-0.05, 0) is 103 Å². The number of fused-ring (bicyclic) bond motifs is 10. The number of nitrogens with zero attached hydrogens (tertiary/aromatic N) is 2. The van der Waals surface area contributed by atoms with Gasteiger partial charge in [0.25, 0.3) is 6.71 Å². The lowest BCUT2D eigenvalue weighted by atomic mass is 9.34. The number of hydrogen-bond acceptors (Lipinski definition) is 2. The summed E-state index contributed by atoms with van der Waals surface area (Å²) in [6.45, 7) is 27.5. The van der Waals surface area contributed by atoms with Crippen LogP contribution >= 0.6 is 0 Å². The molecule has 314 valence electrons. The Bertz CT molecular complexity index is 3230. The minimum atomic E-state index is -0.0385. The molecule has 0 fully saturated rings. The van der Waals surface area contributed by atoms with Crippen LogP contribution in [0, 0.1) is 0 Å². The first kappa shape index (κ1) is 39.6. The molecule has 7 aromatic carbocycles. The molecular weight excluding hydrogens is 767 g/mol. The smallest absolute Gasteiger partial charge is 0.260 e. The minimum Gasteiger partial charge on any atom is -0.458 e. The molecule has 9 aromatic rings. The van der Waals surface area contributed by atoms with Crippen LogP contribution in [-0.4, -0.2) is 15.8 Å². The second kappa shape index (κ2) is 13.2. The van der Waals surface area contributed by atoms with Crippen molar-refractivity contribution in [1.82, 2.24) is 9.13 Å². The number of aromatic nitrogens is 2. The zero-order chi connectivity index (χ0) is 44.1. The van der Waals surface area contributed by atoms with Gasteiger partial charge in [0.1, 0.15) is 23.0 Å². The van der Waals surface area contributed by atoms with Crippen LogP contribution in [-0.2, 0) is 21.7 Å². The predicted octanol–water partition coefficient (Wildman–Crippen LogP) is 13.8. The van der Waals surface area contributed by atoms with Crippen molar-refractivity contribution in [2.75, 3.05) is 0 Å². The fourth-order valence-electron chi connectivity index (χ4n) is 10.2. The monoisotopic (exact) mass is 824 g/mol. The highest BCUT2D eigenvalue weighted by Crippen LogP contribution is 2.44. The zero-order valence-electron chi connectivity index (χ0n) is 38.9. The number of ether oxygens (including phenoxy) is 2. The lowest BCUT2D eigenvalue weighted by molar-refractivity contribution is 0.463. The van der Waals surface area contributed by atoms with Crippen molar-refractivity contribution < 1.29 is 9.47 Å². The van der Waals surface area contributed by atoms with E-state index in [1.807, 2.05) is 0 Å². The van der Waals surface area contributed by atoms with E-state index in [1.54, 1.807) is 0 Å². The van der Waals surface area contributed by atoms with Crippen LogP contribution in [0.3, 0.4) is 0 Å². The third-order valence-corrected chi connectivity index (χ3v) is 13.9. The number of rotatable bonds is 2. The second-order valence-electron chi connectivity index (χ2n) is 22.3. The maximum atomic E-state index is 7.06. The van der Waals surface area contributed by atoms with Crippen molar-refractivity contribution in [1.29, 1.82) is 0 Å². The second-order valence-corrected chi connectivity index (χ2v) is 22.3. The van der Waals surface area contributed by atoms with Gasteiger partial charge in [-0.25, -0.2) is 0 Å². The number of hydrogen-bond donors (Lipinski definition) is 0. The Hall–Kier alpha value is -6.20. The van der Waals surface area contributed by atoms with E-state index in [9.17, 15) is 0 Å². The van der Waals surface area contributed by atoms with Crippen LogP contribution in [0.25, 0.3) is 55.0 Å². The van der Waals surface area contributed by atoms with E-state index in [4.69, 9.17) is 9.47 Å². The van der Waals surface area contributed by atoms with E-state index in [2.05, 4.69) is 220 Å². The molecule has 0 radical (unpaired) electrons. The molecule has 0 saturated carbocycles. The molecule has 2 aliphatic heterocycles. The molecule has 0 saturated heterocycles. The summed E-state index contributed by atoms with van der Waals surface area (Å²) in [5.41, 5.74) is 15.5. The summed E-state index contributed by atoms with van der Waals surface area (Å²) in [5.74, 6) is 3.46. The third kappa shape index (κ3) is 6.10. The molecule has 5 heteroatoms. The van der Waals surface area contributed by atoms with Crippen LogP contribution in [0.1, 0.15) is 105 Å². The topological polar surface area (TPSA) is 28.3 Å². The standard InChI is InChI=1S/C58H57BN2O2/c1-55(2,3)34-20-24-46-41(28-34)42-29-35(56(4,5)6)21-25-47(42)61(46)48-19-15-17-40-39-16-13-14-18-45(39)60(54(40)48)38-32-51-53-52(33-38)63-50-27-23-37(58(10,11)12)31-44(50)59(53)43-30-36(57(7,8)9)22-26-49(43)62-51/h13-33H,1-12H3. The van der Waals surface area contributed by atoms with Gasteiger partial charge in [-0.3, -0.25) is 0 Å². The first-order valence-corrected chi connectivity index (χ1v) is 22.7. The maximum Gasteiger partial charge on any atom is 0.260 e. The van der Waals surface area contributed by atoms with Gasteiger partial charge in [0.2, 0.25) is 0 Å². The van der Waals surface area contributed by atoms with E-state index in [1.165, 1.54) is 65.8 Å². The molecule has 4 heterocycles. The molecule has 4 nitrogen and oxygen atoms in total. The van der Waals surface area contributed by atoms with Gasteiger partial charge in [-0.2, -0.15) is 0 Å². The molecule has 2 aliphatic rings. The van der Waals surface area contributed by atoms with Crippen molar-refractivity contribution in [2.45, 2.75) is 105 Å². The van der Waals surface area contributed by atoms with E-state index in [0.29, 0.717) is 0 Å². The Morgan fingerprint density at radius 2 is 0.825 bits per heavy atom. The van der Waals surface area contributed by atoms with Crippen LogP contribution in [0.4, 0.5) is 0 Å². The number of para-hydroxylation sites is 2. The van der Waals surface area contributed by atoms with E-state index < -0.39 is 0 Å². The largest absolute Gasteiger partial charge is 0.458 e. The highest BCUT2D eigenvalue weighted by Gasteiger charge is 2.42. The normalized spacial score (nSPS) is 13.9. The molecule has 0 N–H and O–H groups in total. The Balaban J connectivity index is 1.20. The van der Waals surface area contributed by atoms with Crippen molar-refractivity contribution >= 4 is 66.7 Å². The summed E-state index contributed by atoms with van der Waals surface area (Å²) in [7, 11) is 0. The molecular formula is C58H57BN2O2.